The number of ketones is 1. The molecule has 1 rings (SSSR count). The maximum atomic E-state index is 12.9. The van der Waals surface area contributed by atoms with Crippen LogP contribution >= 0.6 is 0 Å². The van der Waals surface area contributed by atoms with Crippen LogP contribution in [-0.2, 0) is 19.3 Å². The van der Waals surface area contributed by atoms with Gasteiger partial charge in [-0.1, -0.05) is 60.6 Å². The van der Waals surface area contributed by atoms with Crippen molar-refractivity contribution >= 4 is 5.78 Å². The Bertz CT molecular complexity index is 466. The molecule has 1 aromatic carbocycles. The first-order valence-corrected chi connectivity index (χ1v) is 8.42. The van der Waals surface area contributed by atoms with Gasteiger partial charge in [0, 0.05) is 12.0 Å². The van der Waals surface area contributed by atoms with Crippen molar-refractivity contribution in [3.05, 3.63) is 34.4 Å². The molecule has 0 spiro atoms. The molecule has 1 atom stereocenters. The van der Waals surface area contributed by atoms with E-state index in [4.69, 9.17) is 0 Å². The van der Waals surface area contributed by atoms with Gasteiger partial charge < -0.3 is 0 Å². The first kappa shape index (κ1) is 17.9. The fraction of sp³-hybridized carbons (Fsp3) is 0.650. The minimum atomic E-state index is 0.178. The third-order valence-electron chi connectivity index (χ3n) is 4.78. The van der Waals surface area contributed by atoms with Crippen LogP contribution in [0.4, 0.5) is 0 Å². The van der Waals surface area contributed by atoms with Crippen LogP contribution in [0.1, 0.15) is 81.9 Å². The van der Waals surface area contributed by atoms with Crippen molar-refractivity contribution in [2.75, 3.05) is 0 Å². The maximum absolute atomic E-state index is 12.9. The van der Waals surface area contributed by atoms with Gasteiger partial charge in [0.25, 0.3) is 0 Å². The first-order chi connectivity index (χ1) is 9.74. The first-order valence-electron chi connectivity index (χ1n) is 8.42. The van der Waals surface area contributed by atoms with Crippen molar-refractivity contribution in [2.45, 2.75) is 74.1 Å². The summed E-state index contributed by atoms with van der Waals surface area (Å²) >= 11 is 0. The molecule has 0 aliphatic carbocycles. The highest BCUT2D eigenvalue weighted by molar-refractivity contribution is 5.99. The summed E-state index contributed by atoms with van der Waals surface area (Å²) in [4.78, 5) is 12.9. The Labute approximate surface area is 131 Å². The lowest BCUT2D eigenvalue weighted by Gasteiger charge is -2.27. The van der Waals surface area contributed by atoms with Gasteiger partial charge >= 0.3 is 0 Å². The Morgan fingerprint density at radius 2 is 1.48 bits per heavy atom. The quantitative estimate of drug-likeness (QED) is 0.620. The van der Waals surface area contributed by atoms with E-state index in [2.05, 4.69) is 60.6 Å². The van der Waals surface area contributed by atoms with E-state index < -0.39 is 0 Å². The van der Waals surface area contributed by atoms with Crippen LogP contribution in [0, 0.1) is 11.3 Å². The fourth-order valence-corrected chi connectivity index (χ4v) is 2.65. The van der Waals surface area contributed by atoms with Gasteiger partial charge in [0.1, 0.15) is 0 Å². The van der Waals surface area contributed by atoms with Gasteiger partial charge in [-0.05, 0) is 47.3 Å². The van der Waals surface area contributed by atoms with Crippen molar-refractivity contribution in [1.29, 1.82) is 0 Å². The molecule has 0 bridgehead atoms. The second-order valence-electron chi connectivity index (χ2n) is 7.24. The van der Waals surface area contributed by atoms with E-state index in [1.54, 1.807) is 0 Å². The molecule has 1 unspecified atom stereocenters. The molecule has 0 aliphatic heterocycles. The highest BCUT2D eigenvalue weighted by Gasteiger charge is 2.25. The van der Waals surface area contributed by atoms with Crippen LogP contribution in [0.2, 0.25) is 0 Å². The minimum Gasteiger partial charge on any atom is -0.294 e. The van der Waals surface area contributed by atoms with Gasteiger partial charge in [0.05, 0.1) is 0 Å². The number of aryl methyl sites for hydroxylation is 3. The van der Waals surface area contributed by atoms with E-state index in [0.29, 0.717) is 18.1 Å². The predicted octanol–water partition coefficient (Wildman–Crippen LogP) is 5.63. The van der Waals surface area contributed by atoms with E-state index >= 15 is 0 Å². The SMILES string of the molecule is CCc1cc(CC)c(C(=O)CC(C)C(C)(C)C)c(CC)c1. The van der Waals surface area contributed by atoms with Gasteiger partial charge in [0.15, 0.2) is 5.78 Å². The van der Waals surface area contributed by atoms with E-state index in [0.717, 1.165) is 24.8 Å². The molecule has 0 aromatic heterocycles. The van der Waals surface area contributed by atoms with Crippen LogP contribution in [0.15, 0.2) is 12.1 Å². The van der Waals surface area contributed by atoms with Crippen molar-refractivity contribution in [1.82, 2.24) is 0 Å². The van der Waals surface area contributed by atoms with E-state index in [1.165, 1.54) is 16.7 Å². The van der Waals surface area contributed by atoms with Gasteiger partial charge in [-0.25, -0.2) is 0 Å². The zero-order valence-corrected chi connectivity index (χ0v) is 15.0. The zero-order chi connectivity index (χ0) is 16.2. The highest BCUT2D eigenvalue weighted by Crippen LogP contribution is 2.31. The lowest BCUT2D eigenvalue weighted by atomic mass is 9.77. The highest BCUT2D eigenvalue weighted by atomic mass is 16.1. The van der Waals surface area contributed by atoms with Crippen LogP contribution in [0.3, 0.4) is 0 Å². The van der Waals surface area contributed by atoms with Gasteiger partial charge in [-0.3, -0.25) is 4.79 Å². The number of carbonyl (C=O) groups is 1. The molecule has 1 aromatic rings. The molecule has 118 valence electrons. The molecule has 1 heteroatoms. The van der Waals surface area contributed by atoms with Gasteiger partial charge in [0.2, 0.25) is 0 Å². The molecular weight excluding hydrogens is 256 g/mol. The largest absolute Gasteiger partial charge is 0.294 e. The summed E-state index contributed by atoms with van der Waals surface area (Å²) in [6, 6.07) is 4.46. The molecule has 0 radical (unpaired) electrons. The van der Waals surface area contributed by atoms with Crippen molar-refractivity contribution in [3.63, 3.8) is 0 Å². The molecule has 0 saturated heterocycles. The van der Waals surface area contributed by atoms with Crippen LogP contribution in [-0.4, -0.2) is 5.78 Å². The van der Waals surface area contributed by atoms with Gasteiger partial charge in [-0.15, -0.1) is 0 Å². The molecular formula is C20H32O. The Morgan fingerprint density at radius 1 is 1.00 bits per heavy atom. The molecule has 0 N–H and O–H groups in total. The zero-order valence-electron chi connectivity index (χ0n) is 15.0. The number of carbonyl (C=O) groups excluding carboxylic acids is 1. The normalized spacial score (nSPS) is 13.3. The summed E-state index contributed by atoms with van der Waals surface area (Å²) in [5, 5.41) is 0. The number of benzene rings is 1. The van der Waals surface area contributed by atoms with Crippen molar-refractivity contribution in [2.24, 2.45) is 11.3 Å². The summed E-state index contributed by atoms with van der Waals surface area (Å²) in [6.07, 6.45) is 3.56. The summed E-state index contributed by atoms with van der Waals surface area (Å²) in [7, 11) is 0. The van der Waals surface area contributed by atoms with Crippen LogP contribution in [0.5, 0.6) is 0 Å². The Morgan fingerprint density at radius 3 is 1.81 bits per heavy atom. The monoisotopic (exact) mass is 288 g/mol. The maximum Gasteiger partial charge on any atom is 0.163 e. The van der Waals surface area contributed by atoms with Crippen molar-refractivity contribution < 1.29 is 4.79 Å². The van der Waals surface area contributed by atoms with Crippen LogP contribution < -0.4 is 0 Å². The third-order valence-corrected chi connectivity index (χ3v) is 4.78. The second-order valence-corrected chi connectivity index (χ2v) is 7.24. The lowest BCUT2D eigenvalue weighted by molar-refractivity contribution is 0.0925. The van der Waals surface area contributed by atoms with E-state index in [1.807, 2.05) is 0 Å². The standard InChI is InChI=1S/C20H32O/c1-8-15-12-16(9-2)19(17(10-3)13-15)18(21)11-14(4)20(5,6)7/h12-14H,8-11H2,1-7H3. The minimum absolute atomic E-state index is 0.178. The third kappa shape index (κ3) is 4.43. The van der Waals surface area contributed by atoms with E-state index in [-0.39, 0.29) is 5.41 Å². The topological polar surface area (TPSA) is 17.1 Å². The van der Waals surface area contributed by atoms with Crippen molar-refractivity contribution in [3.8, 4) is 0 Å². The number of hydrogen-bond donors (Lipinski definition) is 0. The van der Waals surface area contributed by atoms with E-state index in [9.17, 15) is 4.79 Å². The molecule has 21 heavy (non-hydrogen) atoms. The average Bonchev–Trinajstić information content (AvgIpc) is 2.44. The Hall–Kier alpha value is -1.11. The fourth-order valence-electron chi connectivity index (χ4n) is 2.65. The summed E-state index contributed by atoms with van der Waals surface area (Å²) in [5.41, 5.74) is 5.00. The molecule has 0 aliphatic rings. The Balaban J connectivity index is 3.19. The summed E-state index contributed by atoms with van der Waals surface area (Å²) in [6.45, 7) is 15.3. The van der Waals surface area contributed by atoms with Crippen LogP contribution in [0.25, 0.3) is 0 Å². The van der Waals surface area contributed by atoms with Gasteiger partial charge in [-0.2, -0.15) is 0 Å². The lowest BCUT2D eigenvalue weighted by Crippen LogP contribution is -2.22. The average molecular weight is 288 g/mol. The number of Topliss-reactive ketones (excluding diaryl/α,β-unsaturated/α-hetero) is 1. The molecule has 1 nitrogen and oxygen atoms in total. The number of hydrogen-bond acceptors (Lipinski definition) is 1. The smallest absolute Gasteiger partial charge is 0.163 e. The summed E-state index contributed by atoms with van der Waals surface area (Å²) in [5.74, 6) is 0.721. The summed E-state index contributed by atoms with van der Waals surface area (Å²) < 4.78 is 0. The molecule has 0 heterocycles. The molecule has 0 fully saturated rings. The Kier molecular flexibility index (Phi) is 6.19. The molecule has 0 saturated carbocycles. The molecule has 0 amide bonds. The predicted molar refractivity (Wildman–Crippen MR) is 92.1 cm³/mol. The number of rotatable bonds is 6. The second kappa shape index (κ2) is 7.24.